The second-order valence-electron chi connectivity index (χ2n) is 4.69. The van der Waals surface area contributed by atoms with Gasteiger partial charge in [-0.1, -0.05) is 19.3 Å². The molecule has 1 fully saturated rings. The van der Waals surface area contributed by atoms with Crippen molar-refractivity contribution in [1.82, 2.24) is 19.6 Å². The van der Waals surface area contributed by atoms with Gasteiger partial charge in [-0.3, -0.25) is 4.40 Å². The first kappa shape index (κ1) is 11.1. The van der Waals surface area contributed by atoms with Crippen molar-refractivity contribution in [3.63, 3.8) is 0 Å². The van der Waals surface area contributed by atoms with Crippen LogP contribution in [0.2, 0.25) is 0 Å². The second-order valence-corrected chi connectivity index (χ2v) is 4.69. The Morgan fingerprint density at radius 2 is 2.06 bits per heavy atom. The molecule has 0 saturated heterocycles. The zero-order chi connectivity index (χ0) is 12.5. The van der Waals surface area contributed by atoms with Crippen LogP contribution in [-0.2, 0) is 0 Å². The van der Waals surface area contributed by atoms with Crippen LogP contribution in [0.3, 0.4) is 0 Å². The number of carbonyl (C=O) groups is 1. The summed E-state index contributed by atoms with van der Waals surface area (Å²) in [4.78, 5) is 15.3. The molecule has 0 aromatic carbocycles. The van der Waals surface area contributed by atoms with Gasteiger partial charge in [-0.2, -0.15) is 0 Å². The van der Waals surface area contributed by atoms with Gasteiger partial charge in [0.25, 0.3) is 5.78 Å². The predicted molar refractivity (Wildman–Crippen MR) is 63.6 cm³/mol. The van der Waals surface area contributed by atoms with Gasteiger partial charge in [-0.15, -0.1) is 10.2 Å². The Kier molecular flexibility index (Phi) is 2.70. The molecule has 2 aromatic rings. The molecule has 0 spiro atoms. The zero-order valence-electron chi connectivity index (χ0n) is 9.91. The van der Waals surface area contributed by atoms with Crippen molar-refractivity contribution in [2.45, 2.75) is 38.0 Å². The number of hydrogen-bond acceptors (Lipinski definition) is 4. The summed E-state index contributed by atoms with van der Waals surface area (Å²) in [6.45, 7) is 0. The second kappa shape index (κ2) is 4.36. The zero-order valence-corrected chi connectivity index (χ0v) is 9.91. The normalized spacial score (nSPS) is 17.1. The van der Waals surface area contributed by atoms with Crippen molar-refractivity contribution in [3.05, 3.63) is 23.8 Å². The number of hydrogen-bond donors (Lipinski definition) is 1. The van der Waals surface area contributed by atoms with Crippen LogP contribution in [-0.4, -0.2) is 30.7 Å². The summed E-state index contributed by atoms with van der Waals surface area (Å²) in [6, 6.07) is 1.89. The smallest absolute Gasteiger partial charge is 0.374 e. The van der Waals surface area contributed by atoms with Gasteiger partial charge >= 0.3 is 5.97 Å². The van der Waals surface area contributed by atoms with Gasteiger partial charge < -0.3 is 5.11 Å². The van der Waals surface area contributed by atoms with E-state index in [1.165, 1.54) is 23.7 Å². The van der Waals surface area contributed by atoms with Crippen molar-refractivity contribution in [2.24, 2.45) is 0 Å². The Bertz CT molecular complexity index is 587. The van der Waals surface area contributed by atoms with Gasteiger partial charge in [0.15, 0.2) is 0 Å². The van der Waals surface area contributed by atoms with Crippen molar-refractivity contribution in [3.8, 4) is 0 Å². The number of aromatic carboxylic acids is 1. The molecule has 2 heterocycles. The summed E-state index contributed by atoms with van der Waals surface area (Å²) in [5.74, 6) is -0.327. The van der Waals surface area contributed by atoms with Crippen LogP contribution in [0, 0.1) is 0 Å². The molecule has 0 aliphatic heterocycles. The van der Waals surface area contributed by atoms with Gasteiger partial charge in [0, 0.05) is 17.8 Å². The minimum Gasteiger partial charge on any atom is -0.475 e. The number of nitrogens with zero attached hydrogens (tertiary/aromatic N) is 4. The summed E-state index contributed by atoms with van der Waals surface area (Å²) in [5, 5.41) is 16.4. The molecule has 3 rings (SSSR count). The fourth-order valence-corrected chi connectivity index (χ4v) is 2.57. The molecule has 1 aliphatic rings. The lowest BCUT2D eigenvalue weighted by molar-refractivity contribution is 0.0682. The topological polar surface area (TPSA) is 80.4 Å². The Morgan fingerprint density at radius 3 is 2.78 bits per heavy atom. The van der Waals surface area contributed by atoms with Crippen LogP contribution < -0.4 is 0 Å². The van der Waals surface area contributed by atoms with E-state index in [4.69, 9.17) is 5.11 Å². The van der Waals surface area contributed by atoms with Crippen molar-refractivity contribution in [1.29, 1.82) is 0 Å². The molecule has 0 radical (unpaired) electrons. The first-order valence-electron chi connectivity index (χ1n) is 6.20. The molecular formula is C12H14N4O2. The molecule has 0 atom stereocenters. The average Bonchev–Trinajstić information content (AvgIpc) is 2.82. The maximum Gasteiger partial charge on any atom is 0.374 e. The molecule has 0 bridgehead atoms. The number of fused-ring (bicyclic) bond motifs is 1. The molecule has 6 nitrogen and oxygen atoms in total. The molecule has 0 unspecified atom stereocenters. The molecule has 1 saturated carbocycles. The van der Waals surface area contributed by atoms with E-state index in [1.54, 1.807) is 6.20 Å². The number of carboxylic acids is 1. The maximum atomic E-state index is 10.9. The Labute approximate surface area is 104 Å². The van der Waals surface area contributed by atoms with Crippen LogP contribution >= 0.6 is 0 Å². The monoisotopic (exact) mass is 246 g/mol. The largest absolute Gasteiger partial charge is 0.475 e. The third kappa shape index (κ3) is 1.83. The summed E-state index contributed by atoms with van der Waals surface area (Å²) < 4.78 is 1.41. The number of aromatic nitrogens is 4. The highest BCUT2D eigenvalue weighted by Gasteiger charge is 2.19. The van der Waals surface area contributed by atoms with Gasteiger partial charge in [-0.25, -0.2) is 9.78 Å². The average molecular weight is 246 g/mol. The lowest BCUT2D eigenvalue weighted by Gasteiger charge is -2.20. The van der Waals surface area contributed by atoms with Crippen molar-refractivity contribution >= 4 is 11.7 Å². The molecular weight excluding hydrogens is 232 g/mol. The maximum absolute atomic E-state index is 10.9. The highest BCUT2D eigenvalue weighted by Crippen LogP contribution is 2.31. The van der Waals surface area contributed by atoms with E-state index < -0.39 is 5.97 Å². The van der Waals surface area contributed by atoms with Crippen LogP contribution in [0.5, 0.6) is 0 Å². The van der Waals surface area contributed by atoms with E-state index in [0.717, 1.165) is 18.5 Å². The van der Waals surface area contributed by atoms with Gasteiger partial charge in [-0.05, 0) is 18.9 Å². The third-order valence-corrected chi connectivity index (χ3v) is 3.52. The quantitative estimate of drug-likeness (QED) is 0.874. The predicted octanol–water partition coefficient (Wildman–Crippen LogP) is 1.87. The van der Waals surface area contributed by atoms with Crippen LogP contribution in [0.4, 0.5) is 0 Å². The molecule has 2 aromatic heterocycles. The standard InChI is InChI=1S/C12H14N4O2/c17-11(18)10-14-15-12-13-9(6-7-16(10)12)8-4-2-1-3-5-8/h6-8H,1-5H2,(H,17,18). The molecule has 18 heavy (non-hydrogen) atoms. The fourth-order valence-electron chi connectivity index (χ4n) is 2.57. The summed E-state index contributed by atoms with van der Waals surface area (Å²) in [5.41, 5.74) is 1.01. The van der Waals surface area contributed by atoms with E-state index in [0.29, 0.717) is 11.7 Å². The molecule has 94 valence electrons. The van der Waals surface area contributed by atoms with E-state index >= 15 is 0 Å². The van der Waals surface area contributed by atoms with Crippen LogP contribution in [0.1, 0.15) is 54.3 Å². The SMILES string of the molecule is O=C(O)c1nnc2nc(C3CCCCC3)ccn12. The number of carboxylic acid groups (broad SMARTS) is 1. The highest BCUT2D eigenvalue weighted by atomic mass is 16.4. The molecule has 1 N–H and O–H groups in total. The third-order valence-electron chi connectivity index (χ3n) is 3.52. The first-order valence-corrected chi connectivity index (χ1v) is 6.20. The minimum absolute atomic E-state index is 0.0901. The van der Waals surface area contributed by atoms with Crippen molar-refractivity contribution in [2.75, 3.05) is 0 Å². The lowest BCUT2D eigenvalue weighted by Crippen LogP contribution is -2.09. The summed E-state index contributed by atoms with van der Waals surface area (Å²) >= 11 is 0. The fraction of sp³-hybridized carbons (Fsp3) is 0.500. The van der Waals surface area contributed by atoms with E-state index in [-0.39, 0.29) is 5.82 Å². The number of rotatable bonds is 2. The summed E-state index contributed by atoms with van der Waals surface area (Å²) in [7, 11) is 0. The van der Waals surface area contributed by atoms with Crippen LogP contribution in [0.15, 0.2) is 12.3 Å². The van der Waals surface area contributed by atoms with Gasteiger partial charge in [0.1, 0.15) is 0 Å². The van der Waals surface area contributed by atoms with E-state index in [2.05, 4.69) is 15.2 Å². The molecule has 0 amide bonds. The lowest BCUT2D eigenvalue weighted by atomic mass is 9.87. The summed E-state index contributed by atoms with van der Waals surface area (Å²) in [6.07, 6.45) is 7.80. The molecule has 6 heteroatoms. The highest BCUT2D eigenvalue weighted by molar-refractivity contribution is 5.84. The molecule has 1 aliphatic carbocycles. The Balaban J connectivity index is 1.98. The minimum atomic E-state index is -1.09. The van der Waals surface area contributed by atoms with E-state index in [9.17, 15) is 4.79 Å². The van der Waals surface area contributed by atoms with Crippen LogP contribution in [0.25, 0.3) is 5.78 Å². The Morgan fingerprint density at radius 1 is 1.28 bits per heavy atom. The van der Waals surface area contributed by atoms with Crippen molar-refractivity contribution < 1.29 is 9.90 Å². The first-order chi connectivity index (χ1) is 8.75. The van der Waals surface area contributed by atoms with Gasteiger partial charge in [0.05, 0.1) is 0 Å². The Hall–Kier alpha value is -1.98. The van der Waals surface area contributed by atoms with E-state index in [1.807, 2.05) is 6.07 Å². The van der Waals surface area contributed by atoms with Gasteiger partial charge in [0.2, 0.25) is 5.82 Å².